The fraction of sp³-hybridized carbons (Fsp3) is 0.500. The van der Waals surface area contributed by atoms with Crippen LogP contribution < -0.4 is 10.6 Å². The summed E-state index contributed by atoms with van der Waals surface area (Å²) in [6.07, 6.45) is -2.58. The number of urea groups is 1. The number of halogens is 2. The molecule has 1 aromatic rings. The Morgan fingerprint density at radius 2 is 2.00 bits per heavy atom. The number of anilines is 1. The molecule has 0 bridgehead atoms. The molecule has 7 heteroatoms. The summed E-state index contributed by atoms with van der Waals surface area (Å²) in [6.45, 7) is 5.83. The molecule has 0 aromatic heterocycles. The summed E-state index contributed by atoms with van der Waals surface area (Å²) in [5, 5.41) is 5.02. The van der Waals surface area contributed by atoms with Gasteiger partial charge in [0.05, 0.1) is 0 Å². The van der Waals surface area contributed by atoms with Gasteiger partial charge in [-0.25, -0.2) is 13.6 Å². The smallest absolute Gasteiger partial charge is 0.319 e. The molecule has 2 amide bonds. The minimum atomic E-state index is -2.58. The highest BCUT2D eigenvalue weighted by Crippen LogP contribution is 2.21. The van der Waals surface area contributed by atoms with Crippen LogP contribution in [0.5, 0.6) is 0 Å². The minimum Gasteiger partial charge on any atom is -0.337 e. The van der Waals surface area contributed by atoms with Gasteiger partial charge in [-0.05, 0) is 32.9 Å². The summed E-state index contributed by atoms with van der Waals surface area (Å²) < 4.78 is 36.5. The van der Waals surface area contributed by atoms with Gasteiger partial charge in [-0.2, -0.15) is 0 Å². The molecule has 1 aromatic carbocycles. The summed E-state index contributed by atoms with van der Waals surface area (Å²) >= 11 is 0. The average molecular weight is 318 g/mol. The second-order valence-electron chi connectivity index (χ2n) is 5.47. The second-order valence-corrected chi connectivity index (χ2v) is 7.79. The molecule has 4 nitrogen and oxygen atoms in total. The van der Waals surface area contributed by atoms with E-state index in [0.29, 0.717) is 11.4 Å². The third kappa shape index (κ3) is 6.20. The van der Waals surface area contributed by atoms with Crippen LogP contribution in [0.25, 0.3) is 0 Å². The van der Waals surface area contributed by atoms with E-state index in [-0.39, 0.29) is 16.9 Å². The molecular weight excluding hydrogens is 298 g/mol. The molecule has 1 unspecified atom stereocenters. The lowest BCUT2D eigenvalue weighted by atomic mass is 10.2. The maximum atomic E-state index is 12.5. The first kappa shape index (κ1) is 17.6. The van der Waals surface area contributed by atoms with Crippen LogP contribution in [0, 0.1) is 0 Å². The van der Waals surface area contributed by atoms with Gasteiger partial charge in [0.25, 0.3) is 6.43 Å². The van der Waals surface area contributed by atoms with Gasteiger partial charge >= 0.3 is 6.03 Å². The lowest BCUT2D eigenvalue weighted by Crippen LogP contribution is -2.35. The van der Waals surface area contributed by atoms with Crippen molar-refractivity contribution in [3.05, 3.63) is 29.8 Å². The lowest BCUT2D eigenvalue weighted by molar-refractivity contribution is 0.151. The van der Waals surface area contributed by atoms with E-state index in [4.69, 9.17) is 0 Å². The number of benzene rings is 1. The molecule has 0 radical (unpaired) electrons. The Morgan fingerprint density at radius 1 is 1.33 bits per heavy atom. The fourth-order valence-electron chi connectivity index (χ4n) is 1.49. The maximum absolute atomic E-state index is 12.5. The Hall–Kier alpha value is -1.50. The van der Waals surface area contributed by atoms with Crippen LogP contribution in [-0.4, -0.2) is 27.3 Å². The highest BCUT2D eigenvalue weighted by atomic mass is 32.2. The molecule has 0 heterocycles. The highest BCUT2D eigenvalue weighted by Gasteiger charge is 2.18. The molecule has 0 saturated heterocycles. The van der Waals surface area contributed by atoms with Crippen molar-refractivity contribution in [2.75, 3.05) is 17.6 Å². The summed E-state index contributed by atoms with van der Waals surface area (Å²) in [5.74, 6) is 0.341. The Balaban J connectivity index is 2.44. The van der Waals surface area contributed by atoms with Crippen molar-refractivity contribution in [1.82, 2.24) is 5.32 Å². The third-order valence-corrected chi connectivity index (χ3v) is 4.59. The van der Waals surface area contributed by atoms with E-state index in [2.05, 4.69) is 10.6 Å². The first-order valence-corrected chi connectivity index (χ1v) is 7.83. The van der Waals surface area contributed by atoms with Crippen molar-refractivity contribution < 1.29 is 17.8 Å². The molecular formula is C14H20F2N2O2S. The van der Waals surface area contributed by atoms with Crippen molar-refractivity contribution in [3.8, 4) is 0 Å². The van der Waals surface area contributed by atoms with Crippen LogP contribution >= 0.6 is 0 Å². The summed E-state index contributed by atoms with van der Waals surface area (Å²) in [5.41, 5.74) is 0.142. The Bertz CT molecular complexity index is 516. The minimum absolute atomic E-state index is 0.151. The highest BCUT2D eigenvalue weighted by molar-refractivity contribution is 7.86. The van der Waals surface area contributed by atoms with E-state index >= 15 is 0 Å². The van der Waals surface area contributed by atoms with E-state index in [1.807, 2.05) is 20.8 Å². The fourth-order valence-corrected chi connectivity index (χ4v) is 2.39. The molecule has 2 N–H and O–H groups in total. The summed E-state index contributed by atoms with van der Waals surface area (Å²) in [6, 6.07) is 4.98. The zero-order chi connectivity index (χ0) is 16.0. The van der Waals surface area contributed by atoms with Gasteiger partial charge in [0.15, 0.2) is 0 Å². The number of hydrogen-bond acceptors (Lipinski definition) is 2. The zero-order valence-corrected chi connectivity index (χ0v) is 13.1. The molecule has 0 saturated carbocycles. The molecule has 21 heavy (non-hydrogen) atoms. The van der Waals surface area contributed by atoms with Crippen LogP contribution in [-0.2, 0) is 10.8 Å². The van der Waals surface area contributed by atoms with Gasteiger partial charge < -0.3 is 10.6 Å². The predicted molar refractivity (Wildman–Crippen MR) is 81.2 cm³/mol. The molecule has 1 atom stereocenters. The van der Waals surface area contributed by atoms with Crippen molar-refractivity contribution in [2.45, 2.75) is 31.9 Å². The Labute approximate surface area is 125 Å². The maximum Gasteiger partial charge on any atom is 0.319 e. The van der Waals surface area contributed by atoms with Crippen LogP contribution in [0.3, 0.4) is 0 Å². The monoisotopic (exact) mass is 318 g/mol. The number of rotatable bonds is 5. The van der Waals surface area contributed by atoms with E-state index in [1.54, 1.807) is 0 Å². The van der Waals surface area contributed by atoms with Gasteiger partial charge in [0.1, 0.15) is 0 Å². The number of hydrogen-bond donors (Lipinski definition) is 2. The van der Waals surface area contributed by atoms with Gasteiger partial charge in [0.2, 0.25) is 0 Å². The molecule has 0 fully saturated rings. The third-order valence-electron chi connectivity index (χ3n) is 2.65. The Kier molecular flexibility index (Phi) is 6.26. The van der Waals surface area contributed by atoms with Crippen molar-refractivity contribution in [1.29, 1.82) is 0 Å². The Morgan fingerprint density at radius 3 is 2.57 bits per heavy atom. The lowest BCUT2D eigenvalue weighted by Gasteiger charge is -2.17. The summed E-state index contributed by atoms with van der Waals surface area (Å²) in [7, 11) is -1.05. The first-order valence-electron chi connectivity index (χ1n) is 6.51. The molecule has 118 valence electrons. The van der Waals surface area contributed by atoms with E-state index in [0.717, 1.165) is 0 Å². The second kappa shape index (κ2) is 7.49. The molecule has 0 aliphatic rings. The number of carbonyl (C=O) groups excluding carboxylic acids is 1. The van der Waals surface area contributed by atoms with Crippen molar-refractivity contribution in [3.63, 3.8) is 0 Å². The largest absolute Gasteiger partial charge is 0.337 e. The number of alkyl halides is 2. The number of nitrogens with one attached hydrogen (secondary N) is 2. The van der Waals surface area contributed by atoms with Gasteiger partial charge in [-0.3, -0.25) is 4.21 Å². The van der Waals surface area contributed by atoms with Gasteiger partial charge in [-0.15, -0.1) is 0 Å². The van der Waals surface area contributed by atoms with Crippen LogP contribution in [0.1, 0.15) is 32.8 Å². The molecule has 0 spiro atoms. The van der Waals surface area contributed by atoms with Crippen LogP contribution in [0.15, 0.2) is 24.3 Å². The van der Waals surface area contributed by atoms with E-state index in [9.17, 15) is 17.8 Å². The topological polar surface area (TPSA) is 58.2 Å². The quantitative estimate of drug-likeness (QED) is 0.875. The standard InChI is InChI=1S/C14H20F2N2O2S/c1-14(2,3)21(20)8-7-17-13(19)18-11-6-4-5-10(9-11)12(15)16/h4-6,9,12H,7-8H2,1-3H3,(H2,17,18,19). The first-order chi connectivity index (χ1) is 9.70. The van der Waals surface area contributed by atoms with Crippen molar-refractivity contribution >= 4 is 22.5 Å². The predicted octanol–water partition coefficient (Wildman–Crippen LogP) is 3.29. The van der Waals surface area contributed by atoms with E-state index in [1.165, 1.54) is 24.3 Å². The SMILES string of the molecule is CC(C)(C)S(=O)CCNC(=O)Nc1cccc(C(F)F)c1. The molecule has 0 aliphatic carbocycles. The molecule has 0 aliphatic heterocycles. The molecule has 1 rings (SSSR count). The van der Waals surface area contributed by atoms with Crippen molar-refractivity contribution in [2.24, 2.45) is 0 Å². The average Bonchev–Trinajstić information content (AvgIpc) is 2.37. The van der Waals surface area contributed by atoms with Crippen LogP contribution in [0.4, 0.5) is 19.3 Å². The normalized spacial score (nSPS) is 13.0. The number of carbonyl (C=O) groups is 1. The van der Waals surface area contributed by atoms with Crippen LogP contribution in [0.2, 0.25) is 0 Å². The van der Waals surface area contributed by atoms with Gasteiger partial charge in [0, 0.05) is 39.1 Å². The summed E-state index contributed by atoms with van der Waals surface area (Å²) in [4.78, 5) is 11.6. The van der Waals surface area contributed by atoms with Gasteiger partial charge in [-0.1, -0.05) is 12.1 Å². The number of amides is 2. The van der Waals surface area contributed by atoms with E-state index < -0.39 is 23.3 Å². The zero-order valence-electron chi connectivity index (χ0n) is 12.3.